The van der Waals surface area contributed by atoms with E-state index in [1.807, 2.05) is 0 Å². The van der Waals surface area contributed by atoms with Gasteiger partial charge in [0.15, 0.2) is 0 Å². The Kier molecular flexibility index (Phi) is 2.91. The fourth-order valence-electron chi connectivity index (χ4n) is 2.47. The summed E-state index contributed by atoms with van der Waals surface area (Å²) in [5.74, 6) is -1.15. The number of nitrogens with zero attached hydrogens (tertiary/aromatic N) is 1. The van der Waals surface area contributed by atoms with E-state index in [0.717, 1.165) is 12.8 Å². The lowest BCUT2D eigenvalue weighted by molar-refractivity contribution is -0.152. The topological polar surface area (TPSA) is 92.5 Å². The van der Waals surface area contributed by atoms with Gasteiger partial charge in [0.2, 0.25) is 17.7 Å². The summed E-state index contributed by atoms with van der Waals surface area (Å²) in [7, 11) is 0. The van der Waals surface area contributed by atoms with Gasteiger partial charge < -0.3 is 10.6 Å². The molecule has 0 aromatic rings. The summed E-state index contributed by atoms with van der Waals surface area (Å²) in [5.41, 5.74) is 5.17. The van der Waals surface area contributed by atoms with Gasteiger partial charge in [-0.3, -0.25) is 19.7 Å². The minimum absolute atomic E-state index is 0.0787. The van der Waals surface area contributed by atoms with Crippen LogP contribution in [0, 0.1) is 0 Å². The third-order valence-corrected chi connectivity index (χ3v) is 3.61. The zero-order valence-electron chi connectivity index (χ0n) is 9.86. The van der Waals surface area contributed by atoms with Gasteiger partial charge in [-0.05, 0) is 19.8 Å². The van der Waals surface area contributed by atoms with Crippen LogP contribution < -0.4 is 11.1 Å². The van der Waals surface area contributed by atoms with Crippen molar-refractivity contribution >= 4 is 17.7 Å². The summed E-state index contributed by atoms with van der Waals surface area (Å²) >= 11 is 0. The quantitative estimate of drug-likeness (QED) is 0.582. The largest absolute Gasteiger partial charge is 0.320 e. The molecule has 1 saturated heterocycles. The van der Waals surface area contributed by atoms with Crippen molar-refractivity contribution in [2.24, 2.45) is 5.73 Å². The molecule has 2 rings (SSSR count). The highest BCUT2D eigenvalue weighted by Gasteiger charge is 2.44. The minimum atomic E-state index is -0.883. The standard InChI is InChI=1S/C11H17N3O3/c1-7-9(16)13-8(15)6-14(7)10(17)11(12)4-2-3-5-11/h7H,2-6,12H2,1H3,(H,13,15,16). The lowest BCUT2D eigenvalue weighted by atomic mass is 9.95. The lowest BCUT2D eigenvalue weighted by Gasteiger charge is -2.36. The van der Waals surface area contributed by atoms with Gasteiger partial charge in [0.25, 0.3) is 0 Å². The van der Waals surface area contributed by atoms with E-state index in [2.05, 4.69) is 5.32 Å². The van der Waals surface area contributed by atoms with Crippen LogP contribution in [-0.2, 0) is 14.4 Å². The summed E-state index contributed by atoms with van der Waals surface area (Å²) in [6, 6.07) is -0.624. The van der Waals surface area contributed by atoms with E-state index in [9.17, 15) is 14.4 Å². The van der Waals surface area contributed by atoms with Crippen molar-refractivity contribution in [2.45, 2.75) is 44.2 Å². The van der Waals surface area contributed by atoms with Crippen LogP contribution in [0.5, 0.6) is 0 Å². The van der Waals surface area contributed by atoms with Gasteiger partial charge in [0.1, 0.15) is 12.6 Å². The van der Waals surface area contributed by atoms with Gasteiger partial charge in [0, 0.05) is 0 Å². The number of nitrogens with two attached hydrogens (primary N) is 1. The zero-order chi connectivity index (χ0) is 12.6. The Bertz CT molecular complexity index is 374. The van der Waals surface area contributed by atoms with Crippen LogP contribution in [0.15, 0.2) is 0 Å². The number of amides is 3. The fraction of sp³-hybridized carbons (Fsp3) is 0.727. The Morgan fingerprint density at radius 2 is 2.00 bits per heavy atom. The number of carbonyl (C=O) groups is 3. The minimum Gasteiger partial charge on any atom is -0.320 e. The normalized spacial score (nSPS) is 28.1. The first kappa shape index (κ1) is 12.0. The van der Waals surface area contributed by atoms with Crippen molar-refractivity contribution < 1.29 is 14.4 Å². The molecule has 94 valence electrons. The van der Waals surface area contributed by atoms with Crippen LogP contribution in [-0.4, -0.2) is 40.7 Å². The number of rotatable bonds is 1. The van der Waals surface area contributed by atoms with Crippen molar-refractivity contribution in [3.8, 4) is 0 Å². The van der Waals surface area contributed by atoms with Gasteiger partial charge in [-0.15, -0.1) is 0 Å². The van der Waals surface area contributed by atoms with Gasteiger partial charge in [-0.25, -0.2) is 0 Å². The monoisotopic (exact) mass is 239 g/mol. The molecule has 0 aromatic carbocycles. The molecule has 0 aromatic heterocycles. The molecule has 0 bridgehead atoms. The molecule has 6 heteroatoms. The molecule has 1 unspecified atom stereocenters. The second-order valence-electron chi connectivity index (χ2n) is 4.88. The van der Waals surface area contributed by atoms with E-state index in [1.54, 1.807) is 6.92 Å². The predicted octanol–water partition coefficient (Wildman–Crippen LogP) is -0.869. The number of hydrogen-bond acceptors (Lipinski definition) is 4. The molecule has 17 heavy (non-hydrogen) atoms. The molecule has 1 saturated carbocycles. The molecule has 1 heterocycles. The molecule has 3 amide bonds. The van der Waals surface area contributed by atoms with Crippen LogP contribution in [0.1, 0.15) is 32.6 Å². The van der Waals surface area contributed by atoms with Crippen LogP contribution in [0.4, 0.5) is 0 Å². The van der Waals surface area contributed by atoms with E-state index in [1.165, 1.54) is 4.90 Å². The van der Waals surface area contributed by atoms with Gasteiger partial charge in [0.05, 0.1) is 5.54 Å². The molecular formula is C11H17N3O3. The van der Waals surface area contributed by atoms with Crippen molar-refractivity contribution in [3.05, 3.63) is 0 Å². The number of carbonyl (C=O) groups excluding carboxylic acids is 3. The third-order valence-electron chi connectivity index (χ3n) is 3.61. The Hall–Kier alpha value is -1.43. The van der Waals surface area contributed by atoms with Crippen molar-refractivity contribution in [3.63, 3.8) is 0 Å². The number of nitrogens with one attached hydrogen (secondary N) is 1. The van der Waals surface area contributed by atoms with Gasteiger partial charge >= 0.3 is 0 Å². The van der Waals surface area contributed by atoms with E-state index in [0.29, 0.717) is 12.8 Å². The molecule has 2 aliphatic rings. The second-order valence-corrected chi connectivity index (χ2v) is 4.88. The van der Waals surface area contributed by atoms with E-state index in [4.69, 9.17) is 5.73 Å². The summed E-state index contributed by atoms with van der Waals surface area (Å²) in [5, 5.41) is 2.20. The molecular weight excluding hydrogens is 222 g/mol. The Morgan fingerprint density at radius 1 is 1.41 bits per heavy atom. The number of piperazine rings is 1. The summed E-state index contributed by atoms with van der Waals surface area (Å²) in [6.45, 7) is 1.53. The molecule has 1 atom stereocenters. The first-order valence-electron chi connectivity index (χ1n) is 5.88. The molecule has 3 N–H and O–H groups in total. The van der Waals surface area contributed by atoms with E-state index in [-0.39, 0.29) is 12.5 Å². The highest BCUT2D eigenvalue weighted by Crippen LogP contribution is 2.29. The average Bonchev–Trinajstić information content (AvgIpc) is 2.71. The van der Waals surface area contributed by atoms with Gasteiger partial charge in [-0.2, -0.15) is 0 Å². The second kappa shape index (κ2) is 4.10. The van der Waals surface area contributed by atoms with Crippen LogP contribution in [0.25, 0.3) is 0 Å². The van der Waals surface area contributed by atoms with Crippen molar-refractivity contribution in [1.29, 1.82) is 0 Å². The molecule has 1 aliphatic carbocycles. The Morgan fingerprint density at radius 3 is 2.59 bits per heavy atom. The zero-order valence-corrected chi connectivity index (χ0v) is 9.86. The molecule has 2 fully saturated rings. The summed E-state index contributed by atoms with van der Waals surface area (Å²) in [4.78, 5) is 36.3. The van der Waals surface area contributed by atoms with Crippen LogP contribution in [0.2, 0.25) is 0 Å². The highest BCUT2D eigenvalue weighted by atomic mass is 16.2. The number of imide groups is 1. The Labute approximate surface area is 99.5 Å². The van der Waals surface area contributed by atoms with Crippen molar-refractivity contribution in [1.82, 2.24) is 10.2 Å². The Balaban J connectivity index is 2.17. The maximum atomic E-state index is 12.3. The lowest BCUT2D eigenvalue weighted by Crippen LogP contribution is -2.64. The molecule has 6 nitrogen and oxygen atoms in total. The van der Waals surface area contributed by atoms with Crippen LogP contribution >= 0.6 is 0 Å². The molecule has 1 aliphatic heterocycles. The maximum Gasteiger partial charge on any atom is 0.249 e. The van der Waals surface area contributed by atoms with Crippen LogP contribution in [0.3, 0.4) is 0 Å². The average molecular weight is 239 g/mol. The summed E-state index contributed by atoms with van der Waals surface area (Å²) in [6.07, 6.45) is 3.10. The maximum absolute atomic E-state index is 12.3. The highest BCUT2D eigenvalue weighted by molar-refractivity contribution is 6.05. The third kappa shape index (κ3) is 2.04. The summed E-state index contributed by atoms with van der Waals surface area (Å²) < 4.78 is 0. The smallest absolute Gasteiger partial charge is 0.249 e. The van der Waals surface area contributed by atoms with E-state index < -0.39 is 23.4 Å². The van der Waals surface area contributed by atoms with E-state index >= 15 is 0 Å². The predicted molar refractivity (Wildman–Crippen MR) is 59.7 cm³/mol. The SMILES string of the molecule is CC1C(=O)NC(=O)CN1C(=O)C1(N)CCCC1. The van der Waals surface area contributed by atoms with Crippen molar-refractivity contribution in [2.75, 3.05) is 6.54 Å². The fourth-order valence-corrected chi connectivity index (χ4v) is 2.47. The number of hydrogen-bond donors (Lipinski definition) is 2. The molecule has 0 spiro atoms. The van der Waals surface area contributed by atoms with Gasteiger partial charge in [-0.1, -0.05) is 12.8 Å². The first-order chi connectivity index (χ1) is 7.94. The molecule has 0 radical (unpaired) electrons. The first-order valence-corrected chi connectivity index (χ1v) is 5.88.